The Morgan fingerprint density at radius 2 is 2.00 bits per heavy atom. The lowest BCUT2D eigenvalue weighted by Gasteiger charge is -2.28. The summed E-state index contributed by atoms with van der Waals surface area (Å²) in [5.41, 5.74) is 0. The Morgan fingerprint density at radius 1 is 1.25 bits per heavy atom. The van der Waals surface area contributed by atoms with Gasteiger partial charge in [0, 0.05) is 13.0 Å². The summed E-state index contributed by atoms with van der Waals surface area (Å²) in [4.78, 5) is 22.3. The van der Waals surface area contributed by atoms with Crippen molar-refractivity contribution < 1.29 is 14.7 Å². The van der Waals surface area contributed by atoms with Crippen LogP contribution in [0.1, 0.15) is 58.3 Å². The number of carboxylic acids is 1. The second-order valence-electron chi connectivity index (χ2n) is 5.65. The van der Waals surface area contributed by atoms with E-state index in [1.807, 2.05) is 0 Å². The quantitative estimate of drug-likeness (QED) is 0.565. The number of carbonyl (C=O) groups excluding carboxylic acids is 1. The van der Waals surface area contributed by atoms with E-state index < -0.39 is 5.97 Å². The van der Waals surface area contributed by atoms with Crippen LogP contribution in [0.5, 0.6) is 0 Å². The molecule has 1 saturated heterocycles. The molecular weight excluding hydrogens is 256 g/mol. The molecule has 0 aromatic carbocycles. The second-order valence-corrected chi connectivity index (χ2v) is 5.65. The monoisotopic (exact) mass is 284 g/mol. The summed E-state index contributed by atoms with van der Waals surface area (Å²) >= 11 is 0. The number of nitrogens with one attached hydrogen (secondary N) is 2. The van der Waals surface area contributed by atoms with Crippen LogP contribution in [0.3, 0.4) is 0 Å². The van der Waals surface area contributed by atoms with Crippen LogP contribution in [0.2, 0.25) is 0 Å². The first kappa shape index (κ1) is 17.0. The van der Waals surface area contributed by atoms with Crippen LogP contribution >= 0.6 is 0 Å². The summed E-state index contributed by atoms with van der Waals surface area (Å²) in [5.74, 6) is 0.0591. The third-order valence-electron chi connectivity index (χ3n) is 4.02. The van der Waals surface area contributed by atoms with Gasteiger partial charge in [0.05, 0.1) is 6.04 Å². The standard InChI is InChI=1S/C15H28N2O3/c1-2-12-8-10-16-13(11-12)15(20)17-9-6-4-3-5-7-14(18)19/h12-13,16H,2-11H2,1H3,(H,17,20)(H,18,19). The van der Waals surface area contributed by atoms with Crippen LogP contribution < -0.4 is 10.6 Å². The molecule has 1 heterocycles. The zero-order valence-electron chi connectivity index (χ0n) is 12.5. The van der Waals surface area contributed by atoms with Gasteiger partial charge >= 0.3 is 5.97 Å². The summed E-state index contributed by atoms with van der Waals surface area (Å²) in [6.07, 6.45) is 7.06. The summed E-state index contributed by atoms with van der Waals surface area (Å²) in [7, 11) is 0. The number of amides is 1. The fourth-order valence-corrected chi connectivity index (χ4v) is 2.66. The van der Waals surface area contributed by atoms with Crippen molar-refractivity contribution in [3.8, 4) is 0 Å². The predicted molar refractivity (Wildman–Crippen MR) is 78.5 cm³/mol. The van der Waals surface area contributed by atoms with E-state index in [1.54, 1.807) is 0 Å². The molecule has 0 aliphatic carbocycles. The van der Waals surface area contributed by atoms with Crippen LogP contribution in [0.25, 0.3) is 0 Å². The van der Waals surface area contributed by atoms with Gasteiger partial charge in [0.1, 0.15) is 0 Å². The van der Waals surface area contributed by atoms with Crippen LogP contribution in [0.4, 0.5) is 0 Å². The molecule has 2 atom stereocenters. The number of piperidine rings is 1. The highest BCUT2D eigenvalue weighted by Crippen LogP contribution is 2.19. The van der Waals surface area contributed by atoms with E-state index in [4.69, 9.17) is 5.11 Å². The lowest BCUT2D eigenvalue weighted by molar-refractivity contribution is -0.137. The Morgan fingerprint density at radius 3 is 2.70 bits per heavy atom. The van der Waals surface area contributed by atoms with E-state index in [0.717, 1.165) is 45.1 Å². The van der Waals surface area contributed by atoms with Crippen LogP contribution in [-0.2, 0) is 9.59 Å². The highest BCUT2D eigenvalue weighted by molar-refractivity contribution is 5.81. The molecule has 3 N–H and O–H groups in total. The molecule has 20 heavy (non-hydrogen) atoms. The highest BCUT2D eigenvalue weighted by Gasteiger charge is 2.25. The van der Waals surface area contributed by atoms with E-state index in [1.165, 1.54) is 6.42 Å². The fraction of sp³-hybridized carbons (Fsp3) is 0.867. The Balaban J connectivity index is 2.03. The average molecular weight is 284 g/mol. The van der Waals surface area contributed by atoms with Gasteiger partial charge < -0.3 is 15.7 Å². The SMILES string of the molecule is CCC1CCNC(C(=O)NCCCCCCC(=O)O)C1. The van der Waals surface area contributed by atoms with Gasteiger partial charge in [0.2, 0.25) is 5.91 Å². The minimum atomic E-state index is -0.729. The van der Waals surface area contributed by atoms with Gasteiger partial charge in [-0.25, -0.2) is 0 Å². The number of rotatable bonds is 9. The number of hydrogen-bond donors (Lipinski definition) is 3. The zero-order chi connectivity index (χ0) is 14.8. The maximum Gasteiger partial charge on any atom is 0.303 e. The molecule has 1 rings (SSSR count). The van der Waals surface area contributed by atoms with Gasteiger partial charge in [-0.3, -0.25) is 9.59 Å². The smallest absolute Gasteiger partial charge is 0.303 e. The maximum absolute atomic E-state index is 12.0. The van der Waals surface area contributed by atoms with Crippen LogP contribution in [-0.4, -0.2) is 36.1 Å². The summed E-state index contributed by atoms with van der Waals surface area (Å²) in [5, 5.41) is 14.8. The zero-order valence-corrected chi connectivity index (χ0v) is 12.5. The first-order valence-corrected chi connectivity index (χ1v) is 7.86. The number of unbranched alkanes of at least 4 members (excludes halogenated alkanes) is 3. The Bertz CT molecular complexity index is 307. The van der Waals surface area contributed by atoms with E-state index in [9.17, 15) is 9.59 Å². The van der Waals surface area contributed by atoms with Gasteiger partial charge in [-0.05, 0) is 38.1 Å². The average Bonchev–Trinajstić information content (AvgIpc) is 2.45. The van der Waals surface area contributed by atoms with Crippen molar-refractivity contribution in [3.05, 3.63) is 0 Å². The van der Waals surface area contributed by atoms with E-state index in [-0.39, 0.29) is 18.4 Å². The topological polar surface area (TPSA) is 78.4 Å². The molecule has 0 aromatic rings. The molecule has 0 bridgehead atoms. The van der Waals surface area contributed by atoms with Crippen LogP contribution in [0.15, 0.2) is 0 Å². The summed E-state index contributed by atoms with van der Waals surface area (Å²) in [6, 6.07) is -0.0271. The Labute approximate surface area is 121 Å². The van der Waals surface area contributed by atoms with Gasteiger partial charge in [0.15, 0.2) is 0 Å². The maximum atomic E-state index is 12.0. The van der Waals surface area contributed by atoms with Crippen molar-refractivity contribution in [2.75, 3.05) is 13.1 Å². The molecule has 1 amide bonds. The van der Waals surface area contributed by atoms with Crippen LogP contribution in [0, 0.1) is 5.92 Å². The third kappa shape index (κ3) is 6.89. The number of carbonyl (C=O) groups is 2. The fourth-order valence-electron chi connectivity index (χ4n) is 2.66. The minimum Gasteiger partial charge on any atom is -0.481 e. The van der Waals surface area contributed by atoms with Gasteiger partial charge in [-0.1, -0.05) is 26.2 Å². The minimum absolute atomic E-state index is 0.0271. The molecule has 1 aliphatic heterocycles. The molecule has 1 aliphatic rings. The lowest BCUT2D eigenvalue weighted by atomic mass is 9.90. The molecule has 116 valence electrons. The number of aliphatic carboxylic acids is 1. The van der Waals surface area contributed by atoms with Crippen molar-refractivity contribution in [2.45, 2.75) is 64.3 Å². The third-order valence-corrected chi connectivity index (χ3v) is 4.02. The van der Waals surface area contributed by atoms with Crippen molar-refractivity contribution in [3.63, 3.8) is 0 Å². The Kier molecular flexibility index (Phi) is 8.26. The first-order valence-electron chi connectivity index (χ1n) is 7.86. The second kappa shape index (κ2) is 9.75. The Hall–Kier alpha value is -1.10. The largest absolute Gasteiger partial charge is 0.481 e. The first-order chi connectivity index (χ1) is 9.63. The summed E-state index contributed by atoms with van der Waals surface area (Å²) in [6.45, 7) is 3.81. The van der Waals surface area contributed by atoms with Gasteiger partial charge in [-0.15, -0.1) is 0 Å². The predicted octanol–water partition coefficient (Wildman–Crippen LogP) is 1.92. The molecule has 0 aromatic heterocycles. The van der Waals surface area contributed by atoms with Gasteiger partial charge in [-0.2, -0.15) is 0 Å². The molecule has 0 radical (unpaired) electrons. The van der Waals surface area contributed by atoms with Crippen molar-refractivity contribution in [1.82, 2.24) is 10.6 Å². The van der Waals surface area contributed by atoms with Crippen molar-refractivity contribution >= 4 is 11.9 Å². The van der Waals surface area contributed by atoms with Crippen molar-refractivity contribution in [1.29, 1.82) is 0 Å². The molecule has 5 heteroatoms. The lowest BCUT2D eigenvalue weighted by Crippen LogP contribution is -2.48. The molecule has 0 spiro atoms. The van der Waals surface area contributed by atoms with Gasteiger partial charge in [0.25, 0.3) is 0 Å². The highest BCUT2D eigenvalue weighted by atomic mass is 16.4. The molecule has 0 saturated carbocycles. The molecule has 1 fully saturated rings. The summed E-state index contributed by atoms with van der Waals surface area (Å²) < 4.78 is 0. The molecule has 5 nitrogen and oxygen atoms in total. The normalized spacial score (nSPS) is 22.4. The van der Waals surface area contributed by atoms with Crippen molar-refractivity contribution in [2.24, 2.45) is 5.92 Å². The van der Waals surface area contributed by atoms with E-state index in [0.29, 0.717) is 12.5 Å². The number of hydrogen-bond acceptors (Lipinski definition) is 3. The van der Waals surface area contributed by atoms with E-state index >= 15 is 0 Å². The molecule has 2 unspecified atom stereocenters. The number of carboxylic acid groups (broad SMARTS) is 1. The molecular formula is C15H28N2O3. The van der Waals surface area contributed by atoms with E-state index in [2.05, 4.69) is 17.6 Å².